The van der Waals surface area contributed by atoms with E-state index in [0.717, 1.165) is 22.4 Å². The molecule has 146 valence electrons. The lowest BCUT2D eigenvalue weighted by Crippen LogP contribution is -2.40. The van der Waals surface area contributed by atoms with Gasteiger partial charge in [0, 0.05) is 31.0 Å². The molecule has 0 saturated carbocycles. The molecule has 1 unspecified atom stereocenters. The summed E-state index contributed by atoms with van der Waals surface area (Å²) in [6, 6.07) is 0.205. The summed E-state index contributed by atoms with van der Waals surface area (Å²) in [5.74, 6) is 0.171. The van der Waals surface area contributed by atoms with Crippen molar-refractivity contribution in [1.82, 2.24) is 23.1 Å². The van der Waals surface area contributed by atoms with Crippen LogP contribution in [0, 0.1) is 13.8 Å². The van der Waals surface area contributed by atoms with Crippen LogP contribution in [0.4, 0.5) is 0 Å². The highest BCUT2D eigenvalue weighted by Crippen LogP contribution is 2.25. The van der Waals surface area contributed by atoms with Crippen LogP contribution in [0.15, 0.2) is 9.59 Å². The van der Waals surface area contributed by atoms with E-state index >= 15 is 0 Å². The predicted molar refractivity (Wildman–Crippen MR) is 101 cm³/mol. The van der Waals surface area contributed by atoms with Crippen molar-refractivity contribution in [2.45, 2.75) is 53.1 Å². The van der Waals surface area contributed by atoms with Crippen LogP contribution >= 0.6 is 0 Å². The van der Waals surface area contributed by atoms with Crippen LogP contribution < -0.4 is 11.2 Å². The Hall–Kier alpha value is -2.84. The van der Waals surface area contributed by atoms with E-state index in [0.29, 0.717) is 16.9 Å². The minimum Gasteiger partial charge on any atom is -0.469 e. The van der Waals surface area contributed by atoms with Crippen molar-refractivity contribution in [2.75, 3.05) is 7.11 Å². The first kappa shape index (κ1) is 18.9. The van der Waals surface area contributed by atoms with Crippen molar-refractivity contribution in [2.24, 2.45) is 7.05 Å². The second-order valence-corrected chi connectivity index (χ2v) is 6.84. The number of methoxy groups -OCH3 is 1. The first-order valence-corrected chi connectivity index (χ1v) is 9.00. The standard InChI is InChI=1S/C18H25N5O4/c1-7-10(2)22-11(3)12(4)23-14-15(19-17(22)23)20(5)18(26)21(16(14)25)9-8-13(24)27-6/h10H,7-9H2,1-6H3. The molecule has 0 bridgehead atoms. The topological polar surface area (TPSA) is 92.5 Å². The Balaban J connectivity index is 2.38. The summed E-state index contributed by atoms with van der Waals surface area (Å²) in [7, 11) is 2.86. The zero-order valence-electron chi connectivity index (χ0n) is 16.6. The van der Waals surface area contributed by atoms with E-state index < -0.39 is 17.2 Å². The van der Waals surface area contributed by atoms with Crippen LogP contribution in [0.1, 0.15) is 44.1 Å². The van der Waals surface area contributed by atoms with Gasteiger partial charge in [-0.1, -0.05) is 6.92 Å². The molecule has 9 nitrogen and oxygen atoms in total. The molecule has 3 heterocycles. The van der Waals surface area contributed by atoms with Gasteiger partial charge in [0.05, 0.1) is 13.5 Å². The van der Waals surface area contributed by atoms with Gasteiger partial charge in [0.15, 0.2) is 11.2 Å². The van der Waals surface area contributed by atoms with Gasteiger partial charge in [-0.05, 0) is 27.2 Å². The molecular formula is C18H25N5O4. The molecule has 3 rings (SSSR count). The number of aromatic nitrogens is 5. The van der Waals surface area contributed by atoms with Crippen LogP contribution in [0.5, 0.6) is 0 Å². The van der Waals surface area contributed by atoms with Gasteiger partial charge < -0.3 is 9.30 Å². The molecule has 27 heavy (non-hydrogen) atoms. The molecule has 0 aliphatic carbocycles. The largest absolute Gasteiger partial charge is 0.469 e. The minimum absolute atomic E-state index is 0.0363. The Bertz CT molecular complexity index is 1160. The summed E-state index contributed by atoms with van der Waals surface area (Å²) in [6.45, 7) is 8.09. The number of hydrogen-bond acceptors (Lipinski definition) is 5. The summed E-state index contributed by atoms with van der Waals surface area (Å²) in [5.41, 5.74) is 1.68. The Morgan fingerprint density at radius 1 is 1.22 bits per heavy atom. The normalized spacial score (nSPS) is 12.8. The smallest absolute Gasteiger partial charge is 0.332 e. The Kier molecular flexibility index (Phi) is 4.71. The number of aryl methyl sites for hydroxylation is 2. The minimum atomic E-state index is -0.498. The summed E-state index contributed by atoms with van der Waals surface area (Å²) in [4.78, 5) is 41.8. The first-order valence-electron chi connectivity index (χ1n) is 9.00. The lowest BCUT2D eigenvalue weighted by Gasteiger charge is -2.13. The maximum absolute atomic E-state index is 13.1. The van der Waals surface area contributed by atoms with Gasteiger partial charge in [-0.15, -0.1) is 0 Å². The number of carbonyl (C=O) groups is 1. The van der Waals surface area contributed by atoms with E-state index in [1.165, 1.54) is 11.7 Å². The highest BCUT2D eigenvalue weighted by Gasteiger charge is 2.24. The third-order valence-corrected chi connectivity index (χ3v) is 5.36. The van der Waals surface area contributed by atoms with E-state index in [1.54, 1.807) is 7.05 Å². The Morgan fingerprint density at radius 2 is 1.89 bits per heavy atom. The fourth-order valence-corrected chi connectivity index (χ4v) is 3.49. The monoisotopic (exact) mass is 375 g/mol. The molecule has 3 aromatic rings. The molecule has 0 aliphatic heterocycles. The fourth-order valence-electron chi connectivity index (χ4n) is 3.49. The van der Waals surface area contributed by atoms with Gasteiger partial charge in [0.25, 0.3) is 5.56 Å². The maximum Gasteiger partial charge on any atom is 0.332 e. The molecular weight excluding hydrogens is 350 g/mol. The van der Waals surface area contributed by atoms with E-state index in [4.69, 9.17) is 0 Å². The van der Waals surface area contributed by atoms with Crippen LogP contribution in [-0.2, 0) is 23.1 Å². The van der Waals surface area contributed by atoms with Gasteiger partial charge in [0.1, 0.15) is 0 Å². The number of hydrogen-bond donors (Lipinski definition) is 0. The molecule has 0 amide bonds. The third kappa shape index (κ3) is 2.68. The van der Waals surface area contributed by atoms with Crippen molar-refractivity contribution in [3.63, 3.8) is 0 Å². The van der Waals surface area contributed by atoms with E-state index in [-0.39, 0.29) is 19.0 Å². The molecule has 0 radical (unpaired) electrons. The van der Waals surface area contributed by atoms with Crippen molar-refractivity contribution in [3.8, 4) is 0 Å². The third-order valence-electron chi connectivity index (χ3n) is 5.36. The zero-order valence-corrected chi connectivity index (χ0v) is 16.6. The van der Waals surface area contributed by atoms with E-state index in [9.17, 15) is 14.4 Å². The second kappa shape index (κ2) is 6.71. The lowest BCUT2D eigenvalue weighted by molar-refractivity contribution is -0.140. The number of rotatable bonds is 5. The second-order valence-electron chi connectivity index (χ2n) is 6.84. The Morgan fingerprint density at radius 3 is 2.48 bits per heavy atom. The van der Waals surface area contributed by atoms with Gasteiger partial charge >= 0.3 is 11.7 Å². The van der Waals surface area contributed by atoms with E-state index in [2.05, 4.69) is 28.1 Å². The fraction of sp³-hybridized carbons (Fsp3) is 0.556. The number of carbonyl (C=O) groups excluding carboxylic acids is 1. The number of fused-ring (bicyclic) bond motifs is 3. The molecule has 0 N–H and O–H groups in total. The van der Waals surface area contributed by atoms with Crippen LogP contribution in [-0.4, -0.2) is 36.2 Å². The van der Waals surface area contributed by atoms with Gasteiger partial charge in [-0.3, -0.25) is 23.1 Å². The van der Waals surface area contributed by atoms with Crippen LogP contribution in [0.2, 0.25) is 0 Å². The van der Waals surface area contributed by atoms with Gasteiger partial charge in [-0.2, -0.15) is 4.98 Å². The molecule has 9 heteroatoms. The SMILES string of the molecule is CCC(C)n1c(C)c(C)n2c3c(=O)n(CCC(=O)OC)c(=O)n(C)c3nc12. The summed E-state index contributed by atoms with van der Waals surface area (Å²) in [5, 5.41) is 0. The molecule has 3 aromatic heterocycles. The summed E-state index contributed by atoms with van der Waals surface area (Å²) < 4.78 is 11.0. The van der Waals surface area contributed by atoms with Crippen molar-refractivity contribution in [3.05, 3.63) is 32.2 Å². The zero-order chi connectivity index (χ0) is 20.0. The molecule has 1 atom stereocenters. The molecule has 0 aliphatic rings. The van der Waals surface area contributed by atoms with E-state index in [1.807, 2.05) is 18.2 Å². The number of esters is 1. The van der Waals surface area contributed by atoms with Crippen molar-refractivity contribution >= 4 is 22.9 Å². The average molecular weight is 375 g/mol. The highest BCUT2D eigenvalue weighted by molar-refractivity contribution is 5.76. The molecule has 0 spiro atoms. The van der Waals surface area contributed by atoms with Crippen LogP contribution in [0.3, 0.4) is 0 Å². The molecule has 0 saturated heterocycles. The summed E-state index contributed by atoms with van der Waals surface area (Å²) in [6.07, 6.45) is 0.862. The Labute approximate surface area is 155 Å². The molecule has 0 fully saturated rings. The predicted octanol–water partition coefficient (Wildman–Crippen LogP) is 1.30. The van der Waals surface area contributed by atoms with Gasteiger partial charge in [-0.25, -0.2) is 4.79 Å². The van der Waals surface area contributed by atoms with Crippen molar-refractivity contribution < 1.29 is 9.53 Å². The number of ether oxygens (including phenoxy) is 1. The first-order chi connectivity index (χ1) is 12.7. The highest BCUT2D eigenvalue weighted by atomic mass is 16.5. The van der Waals surface area contributed by atoms with Crippen LogP contribution in [0.25, 0.3) is 16.9 Å². The number of nitrogens with zero attached hydrogens (tertiary/aromatic N) is 5. The summed E-state index contributed by atoms with van der Waals surface area (Å²) >= 11 is 0. The lowest BCUT2D eigenvalue weighted by atomic mass is 10.2. The quantitative estimate of drug-likeness (QED) is 0.627. The number of imidazole rings is 2. The molecule has 0 aromatic carbocycles. The van der Waals surface area contributed by atoms with Gasteiger partial charge in [0.2, 0.25) is 5.78 Å². The maximum atomic E-state index is 13.1. The average Bonchev–Trinajstić information content (AvgIpc) is 3.15. The van der Waals surface area contributed by atoms with Crippen molar-refractivity contribution in [1.29, 1.82) is 0 Å².